The van der Waals surface area contributed by atoms with Crippen LogP contribution < -0.4 is 9.47 Å². The maximum Gasteiger partial charge on any atom is 0.254 e. The van der Waals surface area contributed by atoms with Crippen LogP contribution in [-0.2, 0) is 11.3 Å². The summed E-state index contributed by atoms with van der Waals surface area (Å²) in [6.07, 6.45) is 4.78. The lowest BCUT2D eigenvalue weighted by Gasteiger charge is -2.41. The van der Waals surface area contributed by atoms with Crippen LogP contribution in [0.15, 0.2) is 42.5 Å². The van der Waals surface area contributed by atoms with Crippen LogP contribution in [0.1, 0.15) is 48.0 Å². The molecule has 0 spiro atoms. The van der Waals surface area contributed by atoms with E-state index in [-0.39, 0.29) is 23.9 Å². The summed E-state index contributed by atoms with van der Waals surface area (Å²) in [5.74, 6) is 0.984. The van der Waals surface area contributed by atoms with Crippen molar-refractivity contribution >= 4 is 5.91 Å². The van der Waals surface area contributed by atoms with Crippen LogP contribution in [0.4, 0.5) is 4.39 Å². The van der Waals surface area contributed by atoms with Gasteiger partial charge in [0.25, 0.3) is 5.91 Å². The molecule has 2 bridgehead atoms. The number of fused-ring (bicyclic) bond motifs is 3. The highest BCUT2D eigenvalue weighted by Gasteiger charge is 2.34. The van der Waals surface area contributed by atoms with Crippen LogP contribution in [0.2, 0.25) is 0 Å². The summed E-state index contributed by atoms with van der Waals surface area (Å²) in [5, 5.41) is 0. The minimum Gasteiger partial charge on any atom is -0.497 e. The molecular weight excluding hydrogens is 435 g/mol. The van der Waals surface area contributed by atoms with Crippen molar-refractivity contribution in [3.8, 4) is 11.5 Å². The zero-order valence-electron chi connectivity index (χ0n) is 20.2. The maximum absolute atomic E-state index is 14.6. The van der Waals surface area contributed by atoms with Crippen LogP contribution in [0.3, 0.4) is 0 Å². The van der Waals surface area contributed by atoms with E-state index in [1.165, 1.54) is 13.2 Å². The second-order valence-electron chi connectivity index (χ2n) is 9.09. The molecule has 2 aromatic rings. The number of methoxy groups -OCH3 is 2. The molecule has 2 atom stereocenters. The molecule has 0 N–H and O–H groups in total. The number of carbonyl (C=O) groups excluding carboxylic acids is 1. The highest BCUT2D eigenvalue weighted by atomic mass is 19.1. The smallest absolute Gasteiger partial charge is 0.254 e. The molecule has 2 aliphatic heterocycles. The van der Waals surface area contributed by atoms with Gasteiger partial charge in [-0.05, 0) is 56.5 Å². The average molecular weight is 471 g/mol. The van der Waals surface area contributed by atoms with Crippen molar-refractivity contribution in [3.05, 3.63) is 59.4 Å². The van der Waals surface area contributed by atoms with Gasteiger partial charge >= 0.3 is 0 Å². The molecule has 4 rings (SSSR count). The van der Waals surface area contributed by atoms with Crippen molar-refractivity contribution in [2.45, 2.75) is 50.8 Å². The standard InChI is InChI=1S/C27H35FN2O4/c1-32-22-12-11-21(24(28)18-22)19-29-13-4-3-9-25-26(33-2)10-6-14-30(25)27(31)20-7-5-8-23(17-20)34-16-15-29/h5,7-8,11-12,17-18,25-26H,3-4,6,9-10,13-16,19H2,1-2H3/t25-,26-/m1/s1. The number of carbonyl (C=O) groups is 1. The van der Waals surface area contributed by atoms with Crippen molar-refractivity contribution in [1.82, 2.24) is 9.80 Å². The van der Waals surface area contributed by atoms with Crippen LogP contribution in [-0.4, -0.2) is 68.3 Å². The molecule has 0 unspecified atom stereocenters. The highest BCUT2D eigenvalue weighted by Crippen LogP contribution is 2.27. The van der Waals surface area contributed by atoms with Gasteiger partial charge in [0.1, 0.15) is 23.9 Å². The van der Waals surface area contributed by atoms with E-state index in [2.05, 4.69) is 4.90 Å². The molecule has 2 heterocycles. The number of ether oxygens (including phenoxy) is 3. The topological polar surface area (TPSA) is 51.2 Å². The minimum absolute atomic E-state index is 0.0471. The molecule has 1 amide bonds. The first kappa shape index (κ1) is 24.5. The molecule has 34 heavy (non-hydrogen) atoms. The lowest BCUT2D eigenvalue weighted by atomic mass is 9.93. The molecule has 0 aliphatic carbocycles. The van der Waals surface area contributed by atoms with Gasteiger partial charge in [-0.15, -0.1) is 0 Å². The molecule has 0 radical (unpaired) electrons. The third-order valence-electron chi connectivity index (χ3n) is 6.92. The van der Waals surface area contributed by atoms with E-state index in [0.29, 0.717) is 42.3 Å². The second kappa shape index (κ2) is 11.7. The quantitative estimate of drug-likeness (QED) is 0.658. The van der Waals surface area contributed by atoms with Gasteiger partial charge in [-0.2, -0.15) is 0 Å². The van der Waals surface area contributed by atoms with Crippen LogP contribution >= 0.6 is 0 Å². The van der Waals surface area contributed by atoms with Gasteiger partial charge in [-0.1, -0.05) is 18.6 Å². The highest BCUT2D eigenvalue weighted by molar-refractivity contribution is 5.95. The number of hydrogen-bond donors (Lipinski definition) is 0. The van der Waals surface area contributed by atoms with Gasteiger partial charge in [0, 0.05) is 43.9 Å². The SMILES string of the molecule is COc1ccc(CN2CCCC[C@@H]3[C@H](OC)CCCN3C(=O)c3cccc(c3)OCC2)c(F)c1. The van der Waals surface area contributed by atoms with Crippen molar-refractivity contribution < 1.29 is 23.4 Å². The lowest BCUT2D eigenvalue weighted by Crippen LogP contribution is -2.51. The minimum atomic E-state index is -0.258. The Morgan fingerprint density at radius 3 is 2.71 bits per heavy atom. The number of benzene rings is 2. The third-order valence-corrected chi connectivity index (χ3v) is 6.92. The second-order valence-corrected chi connectivity index (χ2v) is 9.09. The Labute approximate surface area is 201 Å². The molecule has 1 fully saturated rings. The molecule has 1 saturated heterocycles. The number of piperidine rings is 1. The van der Waals surface area contributed by atoms with E-state index < -0.39 is 0 Å². The molecule has 6 nitrogen and oxygen atoms in total. The fourth-order valence-corrected chi connectivity index (χ4v) is 5.05. The van der Waals surface area contributed by atoms with E-state index in [0.717, 1.165) is 45.2 Å². The molecular formula is C27H35FN2O4. The number of halogens is 1. The average Bonchev–Trinajstić information content (AvgIpc) is 2.86. The van der Waals surface area contributed by atoms with Gasteiger partial charge in [-0.3, -0.25) is 9.69 Å². The summed E-state index contributed by atoms with van der Waals surface area (Å²) in [6.45, 7) is 3.21. The number of hydrogen-bond acceptors (Lipinski definition) is 5. The van der Waals surface area contributed by atoms with E-state index in [1.807, 2.05) is 29.2 Å². The largest absolute Gasteiger partial charge is 0.497 e. The first-order chi connectivity index (χ1) is 16.6. The normalized spacial score (nSPS) is 22.4. The van der Waals surface area contributed by atoms with E-state index in [9.17, 15) is 9.18 Å². The van der Waals surface area contributed by atoms with Gasteiger partial charge in [0.05, 0.1) is 19.3 Å². The Morgan fingerprint density at radius 1 is 1.03 bits per heavy atom. The third kappa shape index (κ3) is 5.88. The zero-order chi connectivity index (χ0) is 23.9. The van der Waals surface area contributed by atoms with E-state index in [1.54, 1.807) is 19.2 Å². The van der Waals surface area contributed by atoms with Gasteiger partial charge in [0.15, 0.2) is 0 Å². The van der Waals surface area contributed by atoms with Crippen molar-refractivity contribution in [2.24, 2.45) is 0 Å². The summed E-state index contributed by atoms with van der Waals surface area (Å²) >= 11 is 0. The predicted octanol–water partition coefficient (Wildman–Crippen LogP) is 4.52. The maximum atomic E-state index is 14.6. The molecule has 7 heteroatoms. The summed E-state index contributed by atoms with van der Waals surface area (Å²) < 4.78 is 31.5. The summed E-state index contributed by atoms with van der Waals surface area (Å²) in [5.41, 5.74) is 1.29. The fraction of sp³-hybridized carbons (Fsp3) is 0.519. The summed E-state index contributed by atoms with van der Waals surface area (Å²) in [7, 11) is 3.28. The predicted molar refractivity (Wildman–Crippen MR) is 129 cm³/mol. The Kier molecular flexibility index (Phi) is 8.40. The van der Waals surface area contributed by atoms with Crippen molar-refractivity contribution in [2.75, 3.05) is 40.5 Å². The molecule has 2 aliphatic rings. The Bertz CT molecular complexity index is 969. The zero-order valence-corrected chi connectivity index (χ0v) is 20.2. The first-order valence-corrected chi connectivity index (χ1v) is 12.2. The Hall–Kier alpha value is -2.64. The molecule has 2 aromatic carbocycles. The van der Waals surface area contributed by atoms with Crippen molar-refractivity contribution in [1.29, 1.82) is 0 Å². The summed E-state index contributed by atoms with van der Waals surface area (Å²) in [6, 6.07) is 12.5. The lowest BCUT2D eigenvalue weighted by molar-refractivity contribution is -0.0156. The summed E-state index contributed by atoms with van der Waals surface area (Å²) in [4.78, 5) is 17.6. The molecule has 0 saturated carbocycles. The fourth-order valence-electron chi connectivity index (χ4n) is 5.05. The number of rotatable bonds is 4. The van der Waals surface area contributed by atoms with Gasteiger partial charge in [0.2, 0.25) is 0 Å². The molecule has 0 aromatic heterocycles. The number of amides is 1. The monoisotopic (exact) mass is 470 g/mol. The molecule has 184 valence electrons. The Balaban J connectivity index is 1.53. The Morgan fingerprint density at radius 2 is 1.91 bits per heavy atom. The van der Waals surface area contributed by atoms with Gasteiger partial charge < -0.3 is 19.1 Å². The van der Waals surface area contributed by atoms with Crippen LogP contribution in [0.5, 0.6) is 11.5 Å². The first-order valence-electron chi connectivity index (χ1n) is 12.2. The number of nitrogens with zero attached hydrogens (tertiary/aromatic N) is 2. The van der Waals surface area contributed by atoms with E-state index >= 15 is 0 Å². The van der Waals surface area contributed by atoms with Crippen LogP contribution in [0.25, 0.3) is 0 Å². The van der Waals surface area contributed by atoms with E-state index in [4.69, 9.17) is 14.2 Å². The van der Waals surface area contributed by atoms with Crippen molar-refractivity contribution in [3.63, 3.8) is 0 Å². The van der Waals surface area contributed by atoms with Gasteiger partial charge in [-0.25, -0.2) is 4.39 Å². The van der Waals surface area contributed by atoms with Crippen LogP contribution in [0, 0.1) is 5.82 Å².